The first-order valence-electron chi connectivity index (χ1n) is 7.61. The lowest BCUT2D eigenvalue weighted by Gasteiger charge is -2.06. The quantitative estimate of drug-likeness (QED) is 0.771. The Morgan fingerprint density at radius 2 is 2.00 bits per heavy atom. The molecule has 0 spiro atoms. The lowest BCUT2D eigenvalue weighted by Crippen LogP contribution is -2.20. The Bertz CT molecular complexity index is 924. The Kier molecular flexibility index (Phi) is 4.77. The van der Waals surface area contributed by atoms with Gasteiger partial charge in [0.2, 0.25) is 5.88 Å². The fourth-order valence-corrected chi connectivity index (χ4v) is 2.20. The lowest BCUT2D eigenvalue weighted by atomic mass is 10.1. The number of carbonyl (C=O) groups is 1. The topological polar surface area (TPSA) is 88.1 Å². The molecule has 0 aliphatic heterocycles. The molecule has 1 amide bonds. The fourth-order valence-electron chi connectivity index (χ4n) is 2.20. The second-order valence-corrected chi connectivity index (χ2v) is 5.39. The van der Waals surface area contributed by atoms with Gasteiger partial charge in [-0.05, 0) is 19.1 Å². The molecule has 0 bridgehead atoms. The number of rotatable bonds is 5. The monoisotopic (exact) mass is 333 g/mol. The number of hydrogen-bond donors (Lipinski definition) is 1. The zero-order valence-electron chi connectivity index (χ0n) is 13.5. The summed E-state index contributed by atoms with van der Waals surface area (Å²) in [5, 5.41) is 15.5. The number of anilines is 1. The maximum Gasteiger partial charge on any atom is 0.264 e. The number of nitriles is 1. The molecule has 25 heavy (non-hydrogen) atoms. The minimum atomic E-state index is -0.403. The Labute approximate surface area is 144 Å². The third-order valence-corrected chi connectivity index (χ3v) is 3.49. The lowest BCUT2D eigenvalue weighted by molar-refractivity contribution is -0.118. The van der Waals surface area contributed by atoms with Crippen molar-refractivity contribution < 1.29 is 14.1 Å². The smallest absolute Gasteiger partial charge is 0.264 e. The van der Waals surface area contributed by atoms with Crippen LogP contribution in [0.3, 0.4) is 0 Å². The Morgan fingerprint density at radius 1 is 1.24 bits per heavy atom. The summed E-state index contributed by atoms with van der Waals surface area (Å²) in [5.41, 5.74) is 3.05. The molecule has 0 atom stereocenters. The minimum absolute atomic E-state index is 0.234. The standard InChI is InChI=1S/C19H15N3O3/c1-13-6-8-14(9-7-13)16-10-19(25-22-16)21-18(23)12-24-17-5-3-2-4-15(17)11-20/h2-10H,12H2,1H3,(H,21,23). The second-order valence-electron chi connectivity index (χ2n) is 5.39. The van der Waals surface area contributed by atoms with Crippen LogP contribution >= 0.6 is 0 Å². The molecule has 124 valence electrons. The van der Waals surface area contributed by atoms with Crippen molar-refractivity contribution >= 4 is 11.8 Å². The van der Waals surface area contributed by atoms with Gasteiger partial charge in [-0.2, -0.15) is 5.26 Å². The molecule has 0 fully saturated rings. The summed E-state index contributed by atoms with van der Waals surface area (Å²) in [6.07, 6.45) is 0. The van der Waals surface area contributed by atoms with Crippen molar-refractivity contribution in [2.75, 3.05) is 11.9 Å². The summed E-state index contributed by atoms with van der Waals surface area (Å²) in [4.78, 5) is 12.0. The molecule has 2 aromatic carbocycles. The molecule has 1 heterocycles. The summed E-state index contributed by atoms with van der Waals surface area (Å²) in [6.45, 7) is 1.77. The van der Waals surface area contributed by atoms with Gasteiger partial charge in [0.1, 0.15) is 17.5 Å². The first-order valence-corrected chi connectivity index (χ1v) is 7.61. The van der Waals surface area contributed by atoms with E-state index < -0.39 is 5.91 Å². The van der Waals surface area contributed by atoms with E-state index in [1.807, 2.05) is 37.3 Å². The van der Waals surface area contributed by atoms with E-state index in [4.69, 9.17) is 14.5 Å². The van der Waals surface area contributed by atoms with Crippen LogP contribution in [0.25, 0.3) is 11.3 Å². The zero-order chi connectivity index (χ0) is 17.6. The number of amides is 1. The number of aryl methyl sites for hydroxylation is 1. The van der Waals surface area contributed by atoms with Gasteiger partial charge in [-0.25, -0.2) is 0 Å². The van der Waals surface area contributed by atoms with Crippen LogP contribution in [0.15, 0.2) is 59.1 Å². The number of hydrogen-bond acceptors (Lipinski definition) is 5. The fraction of sp³-hybridized carbons (Fsp3) is 0.105. The van der Waals surface area contributed by atoms with Gasteiger partial charge in [0.15, 0.2) is 6.61 Å². The molecule has 6 heteroatoms. The van der Waals surface area contributed by atoms with Crippen LogP contribution in [-0.2, 0) is 4.79 Å². The van der Waals surface area contributed by atoms with Crippen molar-refractivity contribution in [3.8, 4) is 23.1 Å². The van der Waals surface area contributed by atoms with E-state index in [1.54, 1.807) is 30.3 Å². The van der Waals surface area contributed by atoms with Gasteiger partial charge in [-0.15, -0.1) is 0 Å². The molecule has 0 aliphatic rings. The molecule has 0 saturated heterocycles. The van der Waals surface area contributed by atoms with Crippen LogP contribution in [-0.4, -0.2) is 17.7 Å². The highest BCUT2D eigenvalue weighted by Gasteiger charge is 2.11. The van der Waals surface area contributed by atoms with E-state index in [-0.39, 0.29) is 12.5 Å². The normalized spacial score (nSPS) is 10.1. The van der Waals surface area contributed by atoms with E-state index >= 15 is 0 Å². The minimum Gasteiger partial charge on any atom is -0.482 e. The van der Waals surface area contributed by atoms with Gasteiger partial charge in [0.05, 0.1) is 5.56 Å². The third-order valence-electron chi connectivity index (χ3n) is 3.49. The summed E-state index contributed by atoms with van der Waals surface area (Å²) >= 11 is 0. The van der Waals surface area contributed by atoms with Crippen molar-refractivity contribution in [3.05, 3.63) is 65.7 Å². The average molecular weight is 333 g/mol. The first kappa shape index (κ1) is 16.3. The van der Waals surface area contributed by atoms with Crippen LogP contribution in [0.4, 0.5) is 5.88 Å². The number of carbonyl (C=O) groups excluding carboxylic acids is 1. The number of ether oxygens (including phenoxy) is 1. The molecule has 0 aliphatic carbocycles. The number of nitrogens with one attached hydrogen (secondary N) is 1. The van der Waals surface area contributed by atoms with Gasteiger partial charge in [-0.1, -0.05) is 47.1 Å². The summed E-state index contributed by atoms with van der Waals surface area (Å²) in [7, 11) is 0. The summed E-state index contributed by atoms with van der Waals surface area (Å²) in [6, 6.07) is 18.2. The van der Waals surface area contributed by atoms with Gasteiger partial charge in [0, 0.05) is 11.6 Å². The highest BCUT2D eigenvalue weighted by molar-refractivity contribution is 5.91. The third kappa shape index (κ3) is 4.03. The molecule has 0 radical (unpaired) electrons. The Balaban J connectivity index is 1.60. The van der Waals surface area contributed by atoms with Crippen LogP contribution in [0.1, 0.15) is 11.1 Å². The molecular weight excluding hydrogens is 318 g/mol. The largest absolute Gasteiger partial charge is 0.482 e. The predicted molar refractivity (Wildman–Crippen MR) is 92.0 cm³/mol. The number of nitrogens with zero attached hydrogens (tertiary/aromatic N) is 2. The van der Waals surface area contributed by atoms with Crippen LogP contribution < -0.4 is 10.1 Å². The van der Waals surface area contributed by atoms with Crippen molar-refractivity contribution in [2.45, 2.75) is 6.92 Å². The summed E-state index contributed by atoms with van der Waals surface area (Å²) in [5.74, 6) is 0.190. The van der Waals surface area contributed by atoms with E-state index in [0.29, 0.717) is 17.0 Å². The van der Waals surface area contributed by atoms with E-state index in [2.05, 4.69) is 10.5 Å². The van der Waals surface area contributed by atoms with Crippen LogP contribution in [0, 0.1) is 18.3 Å². The molecule has 3 rings (SSSR count). The maximum atomic E-state index is 12.0. The number of aromatic nitrogens is 1. The van der Waals surface area contributed by atoms with E-state index in [1.165, 1.54) is 0 Å². The molecule has 1 aromatic heterocycles. The first-order chi connectivity index (χ1) is 12.2. The molecule has 1 N–H and O–H groups in total. The van der Waals surface area contributed by atoms with Gasteiger partial charge >= 0.3 is 0 Å². The van der Waals surface area contributed by atoms with Crippen molar-refractivity contribution in [1.29, 1.82) is 5.26 Å². The SMILES string of the molecule is Cc1ccc(-c2cc(NC(=O)COc3ccccc3C#N)on2)cc1. The maximum absolute atomic E-state index is 12.0. The van der Waals surface area contributed by atoms with Crippen LogP contribution in [0.2, 0.25) is 0 Å². The van der Waals surface area contributed by atoms with E-state index in [0.717, 1.165) is 11.1 Å². The van der Waals surface area contributed by atoms with Crippen molar-refractivity contribution in [1.82, 2.24) is 5.16 Å². The highest BCUT2D eigenvalue weighted by atomic mass is 16.5. The van der Waals surface area contributed by atoms with Crippen LogP contribution in [0.5, 0.6) is 5.75 Å². The van der Waals surface area contributed by atoms with Gasteiger partial charge in [-0.3, -0.25) is 10.1 Å². The van der Waals surface area contributed by atoms with E-state index in [9.17, 15) is 4.79 Å². The molecule has 0 saturated carbocycles. The zero-order valence-corrected chi connectivity index (χ0v) is 13.5. The molecular formula is C19H15N3O3. The van der Waals surface area contributed by atoms with Crippen molar-refractivity contribution in [3.63, 3.8) is 0 Å². The second kappa shape index (κ2) is 7.32. The Hall–Kier alpha value is -3.59. The predicted octanol–water partition coefficient (Wildman–Crippen LogP) is 3.54. The van der Waals surface area contributed by atoms with Crippen molar-refractivity contribution in [2.24, 2.45) is 0 Å². The number of para-hydroxylation sites is 1. The summed E-state index contributed by atoms with van der Waals surface area (Å²) < 4.78 is 10.5. The molecule has 3 aromatic rings. The molecule has 6 nitrogen and oxygen atoms in total. The van der Waals surface area contributed by atoms with Gasteiger partial charge in [0.25, 0.3) is 5.91 Å². The highest BCUT2D eigenvalue weighted by Crippen LogP contribution is 2.22. The number of benzene rings is 2. The molecule has 0 unspecified atom stereocenters. The average Bonchev–Trinajstić information content (AvgIpc) is 3.09. The van der Waals surface area contributed by atoms with Gasteiger partial charge < -0.3 is 9.26 Å². The Morgan fingerprint density at radius 3 is 2.76 bits per heavy atom.